The number of rotatable bonds is 3. The minimum absolute atomic E-state index is 0.596. The molecule has 2 rings (SSSR count). The van der Waals surface area contributed by atoms with E-state index in [1.807, 2.05) is 6.20 Å². The zero-order chi connectivity index (χ0) is 12.3. The smallest absolute Gasteiger partial charge is 0.0363 e. The molecule has 1 aromatic heterocycles. The Morgan fingerprint density at radius 3 is 2.88 bits per heavy atom. The van der Waals surface area contributed by atoms with Crippen LogP contribution in [0.3, 0.4) is 0 Å². The molecular formula is C15H24N2. The van der Waals surface area contributed by atoms with Gasteiger partial charge in [0.2, 0.25) is 0 Å². The molecule has 0 bridgehead atoms. The summed E-state index contributed by atoms with van der Waals surface area (Å²) in [6.45, 7) is 9.20. The van der Waals surface area contributed by atoms with Gasteiger partial charge in [0, 0.05) is 25.0 Å². The Labute approximate surface area is 105 Å². The van der Waals surface area contributed by atoms with Crippen molar-refractivity contribution in [2.75, 3.05) is 13.1 Å². The fourth-order valence-electron chi connectivity index (χ4n) is 2.82. The molecule has 0 aromatic carbocycles. The molecule has 1 aliphatic heterocycles. The molecule has 0 amide bonds. The standard InChI is InChI=1S/C15H24N2/c1-12(2)11-17-7-5-4-6-15(17)14-8-13(3)9-16-10-14/h8-10,12,15H,4-7,11H2,1-3H3/t15-/m1/s1. The molecule has 0 unspecified atom stereocenters. The lowest BCUT2D eigenvalue weighted by molar-refractivity contribution is 0.132. The minimum Gasteiger partial charge on any atom is -0.296 e. The summed E-state index contributed by atoms with van der Waals surface area (Å²) < 4.78 is 0. The van der Waals surface area contributed by atoms with E-state index < -0.39 is 0 Å². The topological polar surface area (TPSA) is 16.1 Å². The van der Waals surface area contributed by atoms with E-state index in [1.54, 1.807) is 0 Å². The molecule has 1 atom stereocenters. The van der Waals surface area contributed by atoms with Gasteiger partial charge in [0.25, 0.3) is 0 Å². The van der Waals surface area contributed by atoms with Crippen LogP contribution in [0.1, 0.15) is 50.3 Å². The van der Waals surface area contributed by atoms with Crippen LogP contribution in [0.4, 0.5) is 0 Å². The summed E-state index contributed by atoms with van der Waals surface area (Å²) in [5.41, 5.74) is 2.68. The highest BCUT2D eigenvalue weighted by Crippen LogP contribution is 2.31. The Balaban J connectivity index is 2.15. The normalized spacial score (nSPS) is 22.0. The Bertz CT molecular complexity index is 360. The first-order valence-electron chi connectivity index (χ1n) is 6.82. The maximum Gasteiger partial charge on any atom is 0.0363 e. The summed E-state index contributed by atoms with van der Waals surface area (Å²) in [7, 11) is 0. The van der Waals surface area contributed by atoms with Crippen molar-refractivity contribution >= 4 is 0 Å². The van der Waals surface area contributed by atoms with Gasteiger partial charge in [0.05, 0.1) is 0 Å². The van der Waals surface area contributed by atoms with E-state index in [1.165, 1.54) is 43.5 Å². The predicted molar refractivity (Wildman–Crippen MR) is 72.0 cm³/mol. The molecule has 0 saturated carbocycles. The molecule has 0 spiro atoms. The van der Waals surface area contributed by atoms with Crippen LogP contribution in [0.25, 0.3) is 0 Å². The second-order valence-corrected chi connectivity index (χ2v) is 5.70. The number of hydrogen-bond donors (Lipinski definition) is 0. The van der Waals surface area contributed by atoms with E-state index in [0.29, 0.717) is 6.04 Å². The van der Waals surface area contributed by atoms with Crippen LogP contribution >= 0.6 is 0 Å². The Kier molecular flexibility index (Phi) is 4.16. The Hall–Kier alpha value is -0.890. The summed E-state index contributed by atoms with van der Waals surface area (Å²) in [6, 6.07) is 2.90. The van der Waals surface area contributed by atoms with Crippen molar-refractivity contribution in [1.29, 1.82) is 0 Å². The van der Waals surface area contributed by atoms with Crippen LogP contribution in [-0.2, 0) is 0 Å². The molecule has 2 heteroatoms. The second-order valence-electron chi connectivity index (χ2n) is 5.70. The van der Waals surface area contributed by atoms with Gasteiger partial charge in [-0.05, 0) is 43.4 Å². The zero-order valence-corrected chi connectivity index (χ0v) is 11.3. The number of pyridine rings is 1. The van der Waals surface area contributed by atoms with Crippen LogP contribution in [0.2, 0.25) is 0 Å². The van der Waals surface area contributed by atoms with Crippen LogP contribution < -0.4 is 0 Å². The molecule has 94 valence electrons. The second kappa shape index (κ2) is 5.63. The van der Waals surface area contributed by atoms with E-state index in [4.69, 9.17) is 0 Å². The number of aromatic nitrogens is 1. The van der Waals surface area contributed by atoms with E-state index >= 15 is 0 Å². The average molecular weight is 232 g/mol. The van der Waals surface area contributed by atoms with Crippen molar-refractivity contribution < 1.29 is 0 Å². The minimum atomic E-state index is 0.596. The first kappa shape index (κ1) is 12.6. The number of hydrogen-bond acceptors (Lipinski definition) is 2. The summed E-state index contributed by atoms with van der Waals surface area (Å²) in [6.07, 6.45) is 7.99. The van der Waals surface area contributed by atoms with Crippen LogP contribution in [-0.4, -0.2) is 23.0 Å². The number of nitrogens with zero attached hydrogens (tertiary/aromatic N) is 2. The SMILES string of the molecule is Cc1cncc([C@H]2CCCCN2CC(C)C)c1. The van der Waals surface area contributed by atoms with Gasteiger partial charge >= 0.3 is 0 Å². The zero-order valence-electron chi connectivity index (χ0n) is 11.3. The molecule has 1 saturated heterocycles. The van der Waals surface area contributed by atoms with Gasteiger partial charge in [0.1, 0.15) is 0 Å². The highest BCUT2D eigenvalue weighted by atomic mass is 15.2. The van der Waals surface area contributed by atoms with Gasteiger partial charge in [0.15, 0.2) is 0 Å². The van der Waals surface area contributed by atoms with Crippen LogP contribution in [0, 0.1) is 12.8 Å². The van der Waals surface area contributed by atoms with E-state index in [2.05, 4.69) is 42.9 Å². The third-order valence-corrected chi connectivity index (χ3v) is 3.49. The van der Waals surface area contributed by atoms with Crippen molar-refractivity contribution in [3.05, 3.63) is 29.6 Å². The van der Waals surface area contributed by atoms with E-state index in [9.17, 15) is 0 Å². The first-order valence-corrected chi connectivity index (χ1v) is 6.82. The van der Waals surface area contributed by atoms with Crippen LogP contribution in [0.15, 0.2) is 18.5 Å². The molecule has 2 nitrogen and oxygen atoms in total. The van der Waals surface area contributed by atoms with Crippen molar-refractivity contribution in [1.82, 2.24) is 9.88 Å². The van der Waals surface area contributed by atoms with Gasteiger partial charge < -0.3 is 0 Å². The third kappa shape index (κ3) is 3.29. The fourth-order valence-corrected chi connectivity index (χ4v) is 2.82. The van der Waals surface area contributed by atoms with E-state index in [0.717, 1.165) is 5.92 Å². The van der Waals surface area contributed by atoms with Gasteiger partial charge in [-0.15, -0.1) is 0 Å². The Morgan fingerprint density at radius 1 is 1.35 bits per heavy atom. The quantitative estimate of drug-likeness (QED) is 0.792. The molecule has 1 fully saturated rings. The lowest BCUT2D eigenvalue weighted by Gasteiger charge is -2.37. The lowest BCUT2D eigenvalue weighted by atomic mass is 9.95. The number of likely N-dealkylation sites (tertiary alicyclic amines) is 1. The summed E-state index contributed by atoms with van der Waals surface area (Å²) in [4.78, 5) is 6.99. The largest absolute Gasteiger partial charge is 0.296 e. The molecule has 0 radical (unpaired) electrons. The highest BCUT2D eigenvalue weighted by Gasteiger charge is 2.24. The maximum absolute atomic E-state index is 4.35. The highest BCUT2D eigenvalue weighted by molar-refractivity contribution is 5.20. The molecule has 1 aromatic rings. The van der Waals surface area contributed by atoms with Gasteiger partial charge in [-0.25, -0.2) is 0 Å². The van der Waals surface area contributed by atoms with Gasteiger partial charge in [-0.2, -0.15) is 0 Å². The van der Waals surface area contributed by atoms with Crippen molar-refractivity contribution in [3.63, 3.8) is 0 Å². The van der Waals surface area contributed by atoms with Crippen molar-refractivity contribution in [2.24, 2.45) is 5.92 Å². The van der Waals surface area contributed by atoms with Crippen molar-refractivity contribution in [2.45, 2.75) is 46.1 Å². The van der Waals surface area contributed by atoms with Crippen LogP contribution in [0.5, 0.6) is 0 Å². The average Bonchev–Trinajstić information content (AvgIpc) is 2.29. The third-order valence-electron chi connectivity index (χ3n) is 3.49. The van der Waals surface area contributed by atoms with E-state index in [-0.39, 0.29) is 0 Å². The molecule has 2 heterocycles. The molecule has 0 aliphatic carbocycles. The lowest BCUT2D eigenvalue weighted by Crippen LogP contribution is -2.36. The summed E-state index contributed by atoms with van der Waals surface area (Å²) in [5.74, 6) is 0.744. The molecular weight excluding hydrogens is 208 g/mol. The molecule has 1 aliphatic rings. The number of aryl methyl sites for hydroxylation is 1. The summed E-state index contributed by atoms with van der Waals surface area (Å²) in [5, 5.41) is 0. The Morgan fingerprint density at radius 2 is 2.18 bits per heavy atom. The van der Waals surface area contributed by atoms with Gasteiger partial charge in [-0.3, -0.25) is 9.88 Å². The predicted octanol–water partition coefficient (Wildman–Crippen LogP) is 3.57. The molecule has 0 N–H and O–H groups in total. The first-order chi connectivity index (χ1) is 8.16. The summed E-state index contributed by atoms with van der Waals surface area (Å²) >= 11 is 0. The maximum atomic E-state index is 4.35. The fraction of sp³-hybridized carbons (Fsp3) is 0.667. The van der Waals surface area contributed by atoms with Crippen molar-refractivity contribution in [3.8, 4) is 0 Å². The molecule has 17 heavy (non-hydrogen) atoms. The van der Waals surface area contributed by atoms with Gasteiger partial charge in [-0.1, -0.05) is 26.3 Å². The number of piperidine rings is 1. The monoisotopic (exact) mass is 232 g/mol.